The molecule has 1 heterocycles. The first kappa shape index (κ1) is 16.2. The number of hydrogen-bond donors (Lipinski definition) is 1. The third-order valence-electron chi connectivity index (χ3n) is 3.65. The highest BCUT2D eigenvalue weighted by molar-refractivity contribution is 5.90. The van der Waals surface area contributed by atoms with Crippen molar-refractivity contribution in [1.29, 1.82) is 0 Å². The van der Waals surface area contributed by atoms with Crippen LogP contribution in [-0.4, -0.2) is 15.7 Å². The second-order valence-corrected chi connectivity index (χ2v) is 5.66. The van der Waals surface area contributed by atoms with E-state index >= 15 is 0 Å². The molecule has 1 fully saturated rings. The summed E-state index contributed by atoms with van der Waals surface area (Å²) in [6.45, 7) is -0.352. The molecule has 0 saturated heterocycles. The molecule has 0 unspecified atom stereocenters. The Morgan fingerprint density at radius 3 is 2.67 bits per heavy atom. The maximum Gasteiger partial charge on any atom is 0.416 e. The topological polar surface area (TPSA) is 64.0 Å². The molecular weight excluding hydrogens is 323 g/mol. The van der Waals surface area contributed by atoms with Gasteiger partial charge in [-0.15, -0.1) is 0 Å². The van der Waals surface area contributed by atoms with E-state index in [0.717, 1.165) is 35.4 Å². The lowest BCUT2D eigenvalue weighted by atomic mass is 10.2. The molecule has 0 aliphatic heterocycles. The van der Waals surface area contributed by atoms with Gasteiger partial charge in [0, 0.05) is 17.7 Å². The zero-order chi connectivity index (χ0) is 17.3. The van der Waals surface area contributed by atoms with Crippen molar-refractivity contribution < 1.29 is 18.0 Å². The number of benzene rings is 1. The first-order valence-electron chi connectivity index (χ1n) is 7.38. The SMILES string of the molecule is O=C(Cn1nc(C2CC2)ccc1=O)Nc1cccc(C(F)(F)F)c1. The van der Waals surface area contributed by atoms with E-state index in [-0.39, 0.29) is 12.2 Å². The number of nitrogens with one attached hydrogen (secondary N) is 1. The van der Waals surface area contributed by atoms with E-state index in [0.29, 0.717) is 5.92 Å². The third-order valence-corrected chi connectivity index (χ3v) is 3.65. The minimum absolute atomic E-state index is 0.0150. The van der Waals surface area contributed by atoms with Crippen molar-refractivity contribution in [2.75, 3.05) is 5.32 Å². The minimum Gasteiger partial charge on any atom is -0.324 e. The highest BCUT2D eigenvalue weighted by atomic mass is 19.4. The van der Waals surface area contributed by atoms with E-state index in [2.05, 4.69) is 10.4 Å². The fourth-order valence-corrected chi connectivity index (χ4v) is 2.28. The Labute approximate surface area is 135 Å². The Kier molecular flexibility index (Phi) is 4.13. The van der Waals surface area contributed by atoms with Gasteiger partial charge >= 0.3 is 6.18 Å². The first-order chi connectivity index (χ1) is 11.3. The molecule has 1 aliphatic rings. The quantitative estimate of drug-likeness (QED) is 0.933. The maximum atomic E-state index is 12.7. The van der Waals surface area contributed by atoms with Gasteiger partial charge in [-0.3, -0.25) is 9.59 Å². The molecule has 1 aliphatic carbocycles. The summed E-state index contributed by atoms with van der Waals surface area (Å²) in [5, 5.41) is 6.49. The van der Waals surface area contributed by atoms with Crippen LogP contribution >= 0.6 is 0 Å². The molecule has 8 heteroatoms. The van der Waals surface area contributed by atoms with Crippen molar-refractivity contribution in [2.45, 2.75) is 31.5 Å². The lowest BCUT2D eigenvalue weighted by Gasteiger charge is -2.10. The van der Waals surface area contributed by atoms with Gasteiger partial charge in [0.15, 0.2) is 0 Å². The Balaban J connectivity index is 1.72. The minimum atomic E-state index is -4.49. The van der Waals surface area contributed by atoms with Crippen molar-refractivity contribution in [3.05, 3.63) is 58.0 Å². The average molecular weight is 337 g/mol. The Morgan fingerprint density at radius 1 is 1.25 bits per heavy atom. The van der Waals surface area contributed by atoms with Crippen molar-refractivity contribution in [3.8, 4) is 0 Å². The summed E-state index contributed by atoms with van der Waals surface area (Å²) in [6, 6.07) is 7.30. The lowest BCUT2D eigenvalue weighted by Crippen LogP contribution is -2.29. The highest BCUT2D eigenvalue weighted by Crippen LogP contribution is 2.38. The van der Waals surface area contributed by atoms with Crippen LogP contribution in [-0.2, 0) is 17.5 Å². The standard InChI is InChI=1S/C16H14F3N3O2/c17-16(18,19)11-2-1-3-12(8-11)20-14(23)9-22-15(24)7-6-13(21-22)10-4-5-10/h1-3,6-8,10H,4-5,9H2,(H,20,23). The van der Waals surface area contributed by atoms with E-state index < -0.39 is 23.2 Å². The molecule has 0 spiro atoms. The van der Waals surface area contributed by atoms with Crippen LogP contribution in [0.15, 0.2) is 41.2 Å². The van der Waals surface area contributed by atoms with E-state index in [1.54, 1.807) is 6.07 Å². The number of carbonyl (C=O) groups is 1. The Morgan fingerprint density at radius 2 is 2.00 bits per heavy atom. The first-order valence-corrected chi connectivity index (χ1v) is 7.38. The van der Waals surface area contributed by atoms with Crippen molar-refractivity contribution >= 4 is 11.6 Å². The number of anilines is 1. The summed E-state index contributed by atoms with van der Waals surface area (Å²) < 4.78 is 39.0. The molecule has 2 aromatic rings. The van der Waals surface area contributed by atoms with Crippen LogP contribution in [0.5, 0.6) is 0 Å². The maximum absolute atomic E-state index is 12.7. The number of rotatable bonds is 4. The summed E-state index contributed by atoms with van der Waals surface area (Å²) in [6.07, 6.45) is -2.49. The highest BCUT2D eigenvalue weighted by Gasteiger charge is 2.30. The van der Waals surface area contributed by atoms with Gasteiger partial charge in [0.25, 0.3) is 5.56 Å². The van der Waals surface area contributed by atoms with Gasteiger partial charge < -0.3 is 5.32 Å². The van der Waals surface area contributed by atoms with Gasteiger partial charge in [-0.25, -0.2) is 4.68 Å². The predicted molar refractivity (Wildman–Crippen MR) is 80.5 cm³/mol. The molecule has 0 bridgehead atoms. The number of nitrogens with zero attached hydrogens (tertiary/aromatic N) is 2. The van der Waals surface area contributed by atoms with Crippen LogP contribution in [0, 0.1) is 0 Å². The van der Waals surface area contributed by atoms with Crippen LogP contribution in [0.1, 0.15) is 30.0 Å². The Hall–Kier alpha value is -2.64. The number of aromatic nitrogens is 2. The van der Waals surface area contributed by atoms with Crippen LogP contribution in [0.25, 0.3) is 0 Å². The Bertz CT molecular complexity index is 826. The third kappa shape index (κ3) is 3.81. The smallest absolute Gasteiger partial charge is 0.324 e. The number of carbonyl (C=O) groups excluding carboxylic acids is 1. The monoisotopic (exact) mass is 337 g/mol. The number of amides is 1. The fraction of sp³-hybridized carbons (Fsp3) is 0.312. The summed E-state index contributed by atoms with van der Waals surface area (Å²) >= 11 is 0. The second kappa shape index (κ2) is 6.10. The normalized spacial score (nSPS) is 14.5. The zero-order valence-corrected chi connectivity index (χ0v) is 12.5. The van der Waals surface area contributed by atoms with E-state index in [1.165, 1.54) is 18.2 Å². The summed E-state index contributed by atoms with van der Waals surface area (Å²) in [5.74, 6) is -0.291. The van der Waals surface area contributed by atoms with Crippen LogP contribution < -0.4 is 10.9 Å². The van der Waals surface area contributed by atoms with Gasteiger partial charge in [0.05, 0.1) is 11.3 Å². The molecule has 1 aromatic heterocycles. The van der Waals surface area contributed by atoms with E-state index in [1.807, 2.05) is 0 Å². The van der Waals surface area contributed by atoms with Gasteiger partial charge in [-0.1, -0.05) is 6.07 Å². The van der Waals surface area contributed by atoms with Crippen LogP contribution in [0.3, 0.4) is 0 Å². The fourth-order valence-electron chi connectivity index (χ4n) is 2.28. The summed E-state index contributed by atoms with van der Waals surface area (Å²) in [7, 11) is 0. The van der Waals surface area contributed by atoms with Gasteiger partial charge in [0.2, 0.25) is 5.91 Å². The molecule has 1 saturated carbocycles. The van der Waals surface area contributed by atoms with Crippen molar-refractivity contribution in [3.63, 3.8) is 0 Å². The molecule has 24 heavy (non-hydrogen) atoms. The molecule has 126 valence electrons. The molecule has 1 aromatic carbocycles. The number of hydrogen-bond acceptors (Lipinski definition) is 3. The number of halogens is 3. The number of alkyl halides is 3. The molecule has 1 N–H and O–H groups in total. The zero-order valence-electron chi connectivity index (χ0n) is 12.5. The van der Waals surface area contributed by atoms with Crippen LogP contribution in [0.2, 0.25) is 0 Å². The van der Waals surface area contributed by atoms with Crippen LogP contribution in [0.4, 0.5) is 18.9 Å². The average Bonchev–Trinajstić information content (AvgIpc) is 3.33. The second-order valence-electron chi connectivity index (χ2n) is 5.66. The van der Waals surface area contributed by atoms with Crippen molar-refractivity contribution in [2.24, 2.45) is 0 Å². The summed E-state index contributed by atoms with van der Waals surface area (Å²) in [5.41, 5.74) is -0.521. The largest absolute Gasteiger partial charge is 0.416 e. The van der Waals surface area contributed by atoms with Gasteiger partial charge in [-0.05, 0) is 37.1 Å². The van der Waals surface area contributed by atoms with Gasteiger partial charge in [0.1, 0.15) is 6.54 Å². The molecular formula is C16H14F3N3O2. The summed E-state index contributed by atoms with van der Waals surface area (Å²) in [4.78, 5) is 23.8. The van der Waals surface area contributed by atoms with Gasteiger partial charge in [-0.2, -0.15) is 18.3 Å². The molecule has 3 rings (SSSR count). The van der Waals surface area contributed by atoms with E-state index in [9.17, 15) is 22.8 Å². The lowest BCUT2D eigenvalue weighted by molar-refractivity contribution is -0.137. The molecule has 0 radical (unpaired) electrons. The van der Waals surface area contributed by atoms with Crippen molar-refractivity contribution in [1.82, 2.24) is 9.78 Å². The molecule has 1 amide bonds. The molecule has 0 atom stereocenters. The van der Waals surface area contributed by atoms with E-state index in [4.69, 9.17) is 0 Å². The molecule has 5 nitrogen and oxygen atoms in total. The predicted octanol–water partition coefficient (Wildman–Crippen LogP) is 2.78.